The fraction of sp³-hybridized carbons (Fsp3) is 0.455. The number of fused-ring (bicyclic) bond motifs is 1. The zero-order valence-corrected chi connectivity index (χ0v) is 16.5. The molecule has 1 N–H and O–H groups in total. The van der Waals surface area contributed by atoms with Crippen molar-refractivity contribution in [3.05, 3.63) is 60.7 Å². The second-order valence-electron chi connectivity index (χ2n) is 8.68. The highest BCUT2D eigenvalue weighted by Gasteiger charge is 2.52. The summed E-state index contributed by atoms with van der Waals surface area (Å²) < 4.78 is 7.00. The molecule has 0 aromatic heterocycles. The van der Waals surface area contributed by atoms with Gasteiger partial charge >= 0.3 is 0 Å². The summed E-state index contributed by atoms with van der Waals surface area (Å²) in [5.74, 6) is 0.910. The van der Waals surface area contributed by atoms with E-state index in [1.54, 1.807) is 0 Å². The van der Waals surface area contributed by atoms with Gasteiger partial charge in [-0.25, -0.2) is 0 Å². The molecule has 0 bridgehead atoms. The molecule has 0 amide bonds. The van der Waals surface area contributed by atoms with E-state index in [9.17, 15) is 0 Å². The van der Waals surface area contributed by atoms with Gasteiger partial charge < -0.3 is 9.74 Å². The van der Waals surface area contributed by atoms with Crippen molar-refractivity contribution in [3.63, 3.8) is 0 Å². The first-order valence-electron chi connectivity index (χ1n) is 9.52. The number of hydrogen-bond donors (Lipinski definition) is 1. The lowest BCUT2D eigenvalue weighted by molar-refractivity contribution is 0.253. The number of rotatable bonds is 5. The maximum absolute atomic E-state index is 7.00. The molecule has 3 heteroatoms. The van der Waals surface area contributed by atoms with E-state index >= 15 is 0 Å². The van der Waals surface area contributed by atoms with Gasteiger partial charge in [-0.05, 0) is 34.2 Å². The predicted molar refractivity (Wildman–Crippen MR) is 107 cm³/mol. The van der Waals surface area contributed by atoms with Crippen molar-refractivity contribution >= 4 is 18.7 Å². The Balaban J connectivity index is 1.72. The fourth-order valence-corrected chi connectivity index (χ4v) is 9.16. The van der Waals surface area contributed by atoms with Crippen molar-refractivity contribution in [1.82, 2.24) is 5.32 Å². The maximum Gasteiger partial charge on any atom is 0.261 e. The van der Waals surface area contributed by atoms with E-state index in [1.165, 1.54) is 23.2 Å². The Kier molecular flexibility index (Phi) is 4.34. The van der Waals surface area contributed by atoms with Gasteiger partial charge in [0, 0.05) is 12.1 Å². The van der Waals surface area contributed by atoms with Crippen LogP contribution in [0.25, 0.3) is 0 Å². The van der Waals surface area contributed by atoms with Gasteiger partial charge in [0.1, 0.15) is 0 Å². The minimum Gasteiger partial charge on any atom is -0.406 e. The zero-order valence-electron chi connectivity index (χ0n) is 15.5. The highest BCUT2D eigenvalue weighted by atomic mass is 28.4. The van der Waals surface area contributed by atoms with E-state index in [0.717, 1.165) is 18.6 Å². The summed E-state index contributed by atoms with van der Waals surface area (Å²) in [4.78, 5) is 0. The van der Waals surface area contributed by atoms with Crippen molar-refractivity contribution in [3.8, 4) is 0 Å². The van der Waals surface area contributed by atoms with E-state index in [2.05, 4.69) is 86.8 Å². The molecule has 2 fully saturated rings. The van der Waals surface area contributed by atoms with Crippen LogP contribution < -0.4 is 15.7 Å². The van der Waals surface area contributed by atoms with Crippen molar-refractivity contribution in [2.75, 3.05) is 6.61 Å². The van der Waals surface area contributed by atoms with Crippen LogP contribution in [-0.4, -0.2) is 27.0 Å². The third-order valence-electron chi connectivity index (χ3n) is 5.88. The minimum absolute atomic E-state index is 0.0667. The molecule has 2 nitrogen and oxygen atoms in total. The summed E-state index contributed by atoms with van der Waals surface area (Å²) >= 11 is 0. The van der Waals surface area contributed by atoms with Crippen LogP contribution in [0.3, 0.4) is 0 Å². The second kappa shape index (κ2) is 6.38. The molecule has 2 aliphatic rings. The van der Waals surface area contributed by atoms with Gasteiger partial charge in [0.15, 0.2) is 0 Å². The van der Waals surface area contributed by atoms with Gasteiger partial charge in [-0.3, -0.25) is 0 Å². The molecule has 4 rings (SSSR count). The smallest absolute Gasteiger partial charge is 0.261 e. The van der Waals surface area contributed by atoms with Gasteiger partial charge in [0.2, 0.25) is 0 Å². The number of piperidine rings is 1. The van der Waals surface area contributed by atoms with Crippen LogP contribution in [0.4, 0.5) is 0 Å². The minimum atomic E-state index is -2.36. The van der Waals surface area contributed by atoms with Gasteiger partial charge in [0.05, 0.1) is 6.61 Å². The number of hydrogen-bond acceptors (Lipinski definition) is 2. The summed E-state index contributed by atoms with van der Waals surface area (Å²) in [6.45, 7) is 7.86. The first-order valence-corrected chi connectivity index (χ1v) is 11.4. The van der Waals surface area contributed by atoms with Gasteiger partial charge in [-0.1, -0.05) is 81.4 Å². The molecule has 1 heterocycles. The maximum atomic E-state index is 7.00. The van der Waals surface area contributed by atoms with Crippen molar-refractivity contribution in [1.29, 1.82) is 0 Å². The molecule has 1 saturated heterocycles. The lowest BCUT2D eigenvalue weighted by Crippen LogP contribution is -2.67. The van der Waals surface area contributed by atoms with Crippen LogP contribution in [0.15, 0.2) is 60.7 Å². The zero-order chi connectivity index (χ0) is 17.5. The van der Waals surface area contributed by atoms with E-state index in [0.29, 0.717) is 6.04 Å². The number of benzene rings is 2. The van der Waals surface area contributed by atoms with Gasteiger partial charge in [-0.15, -0.1) is 0 Å². The summed E-state index contributed by atoms with van der Waals surface area (Å²) in [5, 5.41) is 6.56. The van der Waals surface area contributed by atoms with Gasteiger partial charge in [0.25, 0.3) is 8.32 Å². The Morgan fingerprint density at radius 3 is 1.92 bits per heavy atom. The first-order chi connectivity index (χ1) is 12.0. The molecule has 0 spiro atoms. The second-order valence-corrected chi connectivity index (χ2v) is 13.0. The Morgan fingerprint density at radius 2 is 1.48 bits per heavy atom. The van der Waals surface area contributed by atoms with E-state index in [1.807, 2.05) is 0 Å². The normalized spacial score (nSPS) is 25.6. The average molecular weight is 352 g/mol. The van der Waals surface area contributed by atoms with Crippen LogP contribution in [-0.2, 0) is 4.43 Å². The molecule has 3 atom stereocenters. The standard InChI is InChI=1S/C22H29NOSi/c1-22(2,3)25(19-10-6-4-7-11-19,20-12-8-5-9-13-20)24-16-18-14-17-15-21(17)23-18/h4-13,17-18,21,23H,14-16H2,1-3H3. The molecule has 1 aliphatic heterocycles. The Labute approximate surface area is 152 Å². The molecule has 2 aromatic rings. The van der Waals surface area contributed by atoms with Crippen LogP contribution in [0.2, 0.25) is 5.04 Å². The lowest BCUT2D eigenvalue weighted by Gasteiger charge is -2.43. The molecule has 3 unspecified atom stereocenters. The number of nitrogens with one attached hydrogen (secondary N) is 1. The molecular formula is C22H29NOSi. The van der Waals surface area contributed by atoms with Gasteiger partial charge in [-0.2, -0.15) is 0 Å². The Morgan fingerprint density at radius 1 is 0.920 bits per heavy atom. The van der Waals surface area contributed by atoms with Crippen molar-refractivity contribution in [2.45, 2.75) is 50.7 Å². The third kappa shape index (κ3) is 3.09. The Hall–Kier alpha value is -1.42. The highest BCUT2D eigenvalue weighted by molar-refractivity contribution is 6.99. The SMILES string of the molecule is CC(C)(C)[Si](OCC1CC2CC2N1)(c1ccccc1)c1ccccc1. The van der Waals surface area contributed by atoms with Crippen molar-refractivity contribution in [2.24, 2.45) is 5.92 Å². The molecular weight excluding hydrogens is 322 g/mol. The molecule has 132 valence electrons. The van der Waals surface area contributed by atoms with Crippen LogP contribution in [0, 0.1) is 5.92 Å². The molecule has 25 heavy (non-hydrogen) atoms. The highest BCUT2D eigenvalue weighted by Crippen LogP contribution is 2.42. The third-order valence-corrected chi connectivity index (χ3v) is 10.9. The Bertz CT molecular complexity index is 660. The van der Waals surface area contributed by atoms with Crippen molar-refractivity contribution < 1.29 is 4.43 Å². The predicted octanol–water partition coefficient (Wildman–Crippen LogP) is 3.31. The average Bonchev–Trinajstić information content (AvgIpc) is 3.22. The monoisotopic (exact) mass is 351 g/mol. The molecule has 0 radical (unpaired) electrons. The summed E-state index contributed by atoms with van der Waals surface area (Å²) in [7, 11) is -2.36. The largest absolute Gasteiger partial charge is 0.406 e. The molecule has 1 aliphatic carbocycles. The van der Waals surface area contributed by atoms with E-state index in [-0.39, 0.29) is 5.04 Å². The summed E-state index contributed by atoms with van der Waals surface area (Å²) in [6.07, 6.45) is 2.65. The quantitative estimate of drug-likeness (QED) is 0.835. The lowest BCUT2D eigenvalue weighted by atomic mass is 10.2. The van der Waals surface area contributed by atoms with E-state index in [4.69, 9.17) is 4.43 Å². The summed E-state index contributed by atoms with van der Waals surface area (Å²) in [6, 6.07) is 23.2. The molecule has 2 aromatic carbocycles. The van der Waals surface area contributed by atoms with E-state index < -0.39 is 8.32 Å². The fourth-order valence-electron chi connectivity index (χ4n) is 4.55. The summed E-state index contributed by atoms with van der Waals surface area (Å²) in [5.41, 5.74) is 0. The van der Waals surface area contributed by atoms with Crippen LogP contribution >= 0.6 is 0 Å². The molecule has 1 saturated carbocycles. The topological polar surface area (TPSA) is 21.3 Å². The first kappa shape index (κ1) is 17.0. The van der Waals surface area contributed by atoms with Crippen LogP contribution in [0.1, 0.15) is 33.6 Å². The van der Waals surface area contributed by atoms with Crippen LogP contribution in [0.5, 0.6) is 0 Å².